The van der Waals surface area contributed by atoms with Crippen LogP contribution in [0.5, 0.6) is 11.5 Å². The van der Waals surface area contributed by atoms with Crippen molar-refractivity contribution in [2.75, 3.05) is 19.5 Å². The second-order valence-corrected chi connectivity index (χ2v) is 4.80. The fraction of sp³-hybridized carbons (Fsp3) is 0.118. The predicted molar refractivity (Wildman–Crippen MR) is 87.0 cm³/mol. The van der Waals surface area contributed by atoms with E-state index in [4.69, 9.17) is 9.47 Å². The molecule has 3 rings (SSSR count). The highest BCUT2D eigenvalue weighted by Crippen LogP contribution is 2.26. The maximum atomic E-state index is 12.4. The number of aromatic nitrogens is 2. The van der Waals surface area contributed by atoms with Crippen molar-refractivity contribution in [2.45, 2.75) is 0 Å². The number of benzene rings is 2. The van der Waals surface area contributed by atoms with E-state index in [2.05, 4.69) is 15.3 Å². The van der Waals surface area contributed by atoms with Crippen molar-refractivity contribution >= 4 is 22.6 Å². The van der Waals surface area contributed by atoms with Crippen molar-refractivity contribution in [1.29, 1.82) is 0 Å². The van der Waals surface area contributed by atoms with Crippen molar-refractivity contribution in [2.24, 2.45) is 0 Å². The minimum atomic E-state index is -0.349. The van der Waals surface area contributed by atoms with E-state index in [1.807, 2.05) is 24.3 Å². The van der Waals surface area contributed by atoms with Gasteiger partial charge in [-0.15, -0.1) is 0 Å². The number of fused-ring (bicyclic) bond motifs is 1. The van der Waals surface area contributed by atoms with Gasteiger partial charge in [-0.3, -0.25) is 9.78 Å². The number of carbonyl (C=O) groups is 1. The molecule has 0 atom stereocenters. The molecule has 1 N–H and O–H groups in total. The van der Waals surface area contributed by atoms with Crippen LogP contribution in [0.1, 0.15) is 10.5 Å². The van der Waals surface area contributed by atoms with E-state index in [1.165, 1.54) is 6.20 Å². The molecule has 1 heterocycles. The average Bonchev–Trinajstić information content (AvgIpc) is 2.60. The van der Waals surface area contributed by atoms with Crippen molar-refractivity contribution < 1.29 is 14.3 Å². The molecular formula is C17H15N3O3. The minimum Gasteiger partial charge on any atom is -0.497 e. The van der Waals surface area contributed by atoms with E-state index < -0.39 is 0 Å². The van der Waals surface area contributed by atoms with E-state index in [1.54, 1.807) is 32.4 Å². The van der Waals surface area contributed by atoms with Crippen LogP contribution in [0.2, 0.25) is 0 Å². The summed E-state index contributed by atoms with van der Waals surface area (Å²) in [7, 11) is 3.10. The summed E-state index contributed by atoms with van der Waals surface area (Å²) in [6, 6.07) is 12.5. The van der Waals surface area contributed by atoms with Crippen LogP contribution in [-0.4, -0.2) is 30.1 Å². The lowest BCUT2D eigenvalue weighted by molar-refractivity contribution is 0.102. The number of hydrogen-bond donors (Lipinski definition) is 1. The first kappa shape index (κ1) is 14.8. The Morgan fingerprint density at radius 3 is 2.30 bits per heavy atom. The molecule has 2 aromatic carbocycles. The Balaban J connectivity index is 1.88. The third-order valence-corrected chi connectivity index (χ3v) is 3.29. The fourth-order valence-corrected chi connectivity index (χ4v) is 2.14. The molecule has 0 saturated heterocycles. The number of ether oxygens (including phenoxy) is 2. The van der Waals surface area contributed by atoms with E-state index in [9.17, 15) is 4.79 Å². The third-order valence-electron chi connectivity index (χ3n) is 3.29. The molecule has 6 heteroatoms. The molecule has 3 aromatic rings. The Bertz CT molecular complexity index is 842. The zero-order chi connectivity index (χ0) is 16.2. The summed E-state index contributed by atoms with van der Waals surface area (Å²) in [5.74, 6) is 0.826. The molecule has 23 heavy (non-hydrogen) atoms. The van der Waals surface area contributed by atoms with E-state index >= 15 is 0 Å². The Morgan fingerprint density at radius 2 is 1.65 bits per heavy atom. The van der Waals surface area contributed by atoms with Crippen LogP contribution in [0.15, 0.2) is 48.7 Å². The van der Waals surface area contributed by atoms with Gasteiger partial charge in [-0.1, -0.05) is 12.1 Å². The lowest BCUT2D eigenvalue weighted by atomic mass is 10.2. The van der Waals surface area contributed by atoms with E-state index in [0.29, 0.717) is 22.7 Å². The summed E-state index contributed by atoms with van der Waals surface area (Å²) in [5.41, 5.74) is 2.21. The Kier molecular flexibility index (Phi) is 4.05. The van der Waals surface area contributed by atoms with Gasteiger partial charge < -0.3 is 14.8 Å². The number of nitrogens with zero attached hydrogens (tertiary/aromatic N) is 2. The first-order valence-electron chi connectivity index (χ1n) is 6.96. The predicted octanol–water partition coefficient (Wildman–Crippen LogP) is 2.90. The zero-order valence-corrected chi connectivity index (χ0v) is 12.7. The molecule has 6 nitrogen and oxygen atoms in total. The number of amides is 1. The first-order valence-corrected chi connectivity index (χ1v) is 6.96. The standard InChI is InChI=1S/C17H15N3O3/c1-22-12-7-11(8-13(9-12)23-2)19-17(21)16-10-18-14-5-3-4-6-15(14)20-16/h3-10H,1-2H3,(H,19,21). The molecule has 0 aliphatic rings. The summed E-state index contributed by atoms with van der Waals surface area (Å²) in [6.45, 7) is 0. The number of hydrogen-bond acceptors (Lipinski definition) is 5. The second-order valence-electron chi connectivity index (χ2n) is 4.80. The average molecular weight is 309 g/mol. The smallest absolute Gasteiger partial charge is 0.275 e. The molecule has 0 fully saturated rings. The number of para-hydroxylation sites is 2. The normalized spacial score (nSPS) is 10.3. The maximum Gasteiger partial charge on any atom is 0.275 e. The van der Waals surface area contributed by atoms with Crippen LogP contribution in [0.4, 0.5) is 5.69 Å². The maximum absolute atomic E-state index is 12.4. The molecule has 1 aromatic heterocycles. The number of methoxy groups -OCH3 is 2. The topological polar surface area (TPSA) is 73.3 Å². The number of carbonyl (C=O) groups excluding carboxylic acids is 1. The van der Waals surface area contributed by atoms with Crippen molar-refractivity contribution in [1.82, 2.24) is 9.97 Å². The van der Waals surface area contributed by atoms with Gasteiger partial charge in [-0.2, -0.15) is 0 Å². The molecule has 0 unspecified atom stereocenters. The molecule has 0 aliphatic carbocycles. The highest BCUT2D eigenvalue weighted by molar-refractivity contribution is 6.03. The van der Waals surface area contributed by atoms with Gasteiger partial charge in [-0.25, -0.2) is 4.98 Å². The largest absolute Gasteiger partial charge is 0.497 e. The summed E-state index contributed by atoms with van der Waals surface area (Å²) in [6.07, 6.45) is 1.45. The van der Waals surface area contributed by atoms with Gasteiger partial charge in [0.25, 0.3) is 5.91 Å². The Labute approximate surface area is 133 Å². The lowest BCUT2D eigenvalue weighted by Crippen LogP contribution is -2.14. The number of rotatable bonds is 4. The molecule has 0 saturated carbocycles. The highest BCUT2D eigenvalue weighted by atomic mass is 16.5. The SMILES string of the molecule is COc1cc(NC(=O)c2cnc3ccccc3n2)cc(OC)c1. The van der Waals surface area contributed by atoms with Crippen LogP contribution in [0, 0.1) is 0 Å². The number of anilines is 1. The summed E-state index contributed by atoms with van der Waals surface area (Å²) in [4.78, 5) is 20.9. The van der Waals surface area contributed by atoms with Gasteiger partial charge in [0.15, 0.2) is 0 Å². The molecule has 0 aliphatic heterocycles. The van der Waals surface area contributed by atoms with Crippen LogP contribution in [-0.2, 0) is 0 Å². The third kappa shape index (κ3) is 3.21. The zero-order valence-electron chi connectivity index (χ0n) is 12.7. The summed E-state index contributed by atoms with van der Waals surface area (Å²) >= 11 is 0. The minimum absolute atomic E-state index is 0.241. The first-order chi connectivity index (χ1) is 11.2. The van der Waals surface area contributed by atoms with Gasteiger partial charge in [-0.05, 0) is 12.1 Å². The lowest BCUT2D eigenvalue weighted by Gasteiger charge is -2.09. The second kappa shape index (κ2) is 6.31. The molecule has 1 amide bonds. The van der Waals surface area contributed by atoms with Crippen LogP contribution < -0.4 is 14.8 Å². The van der Waals surface area contributed by atoms with E-state index in [0.717, 1.165) is 5.52 Å². The molecule has 0 radical (unpaired) electrons. The van der Waals surface area contributed by atoms with Gasteiger partial charge in [0, 0.05) is 23.9 Å². The Hall–Kier alpha value is -3.15. The molecular weight excluding hydrogens is 294 g/mol. The quantitative estimate of drug-likeness (QED) is 0.802. The van der Waals surface area contributed by atoms with Gasteiger partial charge in [0.05, 0.1) is 31.4 Å². The van der Waals surface area contributed by atoms with Crippen LogP contribution in [0.3, 0.4) is 0 Å². The summed E-state index contributed by atoms with van der Waals surface area (Å²) in [5, 5.41) is 2.77. The van der Waals surface area contributed by atoms with Crippen LogP contribution in [0.25, 0.3) is 11.0 Å². The monoisotopic (exact) mass is 309 g/mol. The fourth-order valence-electron chi connectivity index (χ4n) is 2.14. The van der Waals surface area contributed by atoms with Crippen molar-refractivity contribution in [3.8, 4) is 11.5 Å². The van der Waals surface area contributed by atoms with Gasteiger partial charge >= 0.3 is 0 Å². The number of nitrogens with one attached hydrogen (secondary N) is 1. The molecule has 0 bridgehead atoms. The Morgan fingerprint density at radius 1 is 1.00 bits per heavy atom. The van der Waals surface area contributed by atoms with Gasteiger partial charge in [0.2, 0.25) is 0 Å². The van der Waals surface area contributed by atoms with E-state index in [-0.39, 0.29) is 11.6 Å². The van der Waals surface area contributed by atoms with Crippen molar-refractivity contribution in [3.05, 3.63) is 54.4 Å². The summed E-state index contributed by atoms with van der Waals surface area (Å²) < 4.78 is 10.4. The molecule has 0 spiro atoms. The van der Waals surface area contributed by atoms with Crippen LogP contribution >= 0.6 is 0 Å². The molecule has 116 valence electrons. The van der Waals surface area contributed by atoms with Gasteiger partial charge in [0.1, 0.15) is 17.2 Å². The highest BCUT2D eigenvalue weighted by Gasteiger charge is 2.11. The van der Waals surface area contributed by atoms with Crippen molar-refractivity contribution in [3.63, 3.8) is 0 Å².